The maximum Gasteiger partial charge on any atom is 0.416 e. The summed E-state index contributed by atoms with van der Waals surface area (Å²) in [6.07, 6.45) is -1.61. The number of aromatic amines is 1. The van der Waals surface area contributed by atoms with Gasteiger partial charge in [0.25, 0.3) is 0 Å². The van der Waals surface area contributed by atoms with Crippen LogP contribution in [0.1, 0.15) is 27.0 Å². The maximum absolute atomic E-state index is 15.1. The largest absolute Gasteiger partial charge is 0.416 e. The van der Waals surface area contributed by atoms with Crippen molar-refractivity contribution >= 4 is 34.5 Å². The van der Waals surface area contributed by atoms with Gasteiger partial charge < -0.3 is 9.71 Å². The third-order valence-corrected chi connectivity index (χ3v) is 5.48. The normalized spacial score (nSPS) is 11.7. The molecule has 2 N–H and O–H groups in total. The first-order valence-corrected chi connectivity index (χ1v) is 10.0. The molecule has 0 saturated carbocycles. The molecule has 0 aliphatic carbocycles. The summed E-state index contributed by atoms with van der Waals surface area (Å²) in [7, 11) is 0. The minimum absolute atomic E-state index is 0.0525. The van der Waals surface area contributed by atoms with Crippen LogP contribution in [0.4, 0.5) is 27.6 Å². The molecule has 0 bridgehead atoms. The van der Waals surface area contributed by atoms with Crippen molar-refractivity contribution in [2.24, 2.45) is 0 Å². The average Bonchev–Trinajstić information content (AvgIpc) is 3.16. The summed E-state index contributed by atoms with van der Waals surface area (Å²) >= 11 is 0.706. The van der Waals surface area contributed by atoms with Crippen LogP contribution in [-0.4, -0.2) is 15.8 Å². The van der Waals surface area contributed by atoms with E-state index in [2.05, 4.69) is 14.7 Å². The number of pyridine rings is 1. The molecular weight excluding hydrogens is 449 g/mol. The molecule has 0 amide bonds. The number of rotatable bonds is 5. The molecule has 0 unspecified atom stereocenters. The molecule has 164 valence electrons. The van der Waals surface area contributed by atoms with Gasteiger partial charge in [0, 0.05) is 28.2 Å². The number of nitrogens with zero attached hydrogens (tertiary/aromatic N) is 1. The van der Waals surface area contributed by atoms with E-state index >= 15 is 4.39 Å². The van der Waals surface area contributed by atoms with Crippen molar-refractivity contribution in [1.29, 1.82) is 0 Å². The zero-order valence-corrected chi connectivity index (χ0v) is 17.2. The van der Waals surface area contributed by atoms with E-state index in [4.69, 9.17) is 0 Å². The van der Waals surface area contributed by atoms with Gasteiger partial charge in [0.2, 0.25) is 5.78 Å². The molecule has 0 aliphatic rings. The van der Waals surface area contributed by atoms with Gasteiger partial charge in [0.1, 0.15) is 11.5 Å². The number of hydrogen-bond donors (Lipinski definition) is 2. The zero-order chi connectivity index (χ0) is 23.0. The summed E-state index contributed by atoms with van der Waals surface area (Å²) in [5.74, 6) is -3.09. The summed E-state index contributed by atoms with van der Waals surface area (Å²) in [6.45, 7) is 1.77. The monoisotopic (exact) mass is 463 g/mol. The predicted molar refractivity (Wildman–Crippen MR) is 112 cm³/mol. The van der Waals surface area contributed by atoms with Gasteiger partial charge in [-0.25, -0.2) is 13.8 Å². The first-order chi connectivity index (χ1) is 15.1. The molecule has 4 rings (SSSR count). The number of benzene rings is 2. The number of aromatic nitrogens is 2. The molecule has 2 aromatic carbocycles. The van der Waals surface area contributed by atoms with Crippen molar-refractivity contribution in [3.8, 4) is 0 Å². The maximum atomic E-state index is 15.1. The highest BCUT2D eigenvalue weighted by molar-refractivity contribution is 8.00. The Kier molecular flexibility index (Phi) is 5.64. The number of fused-ring (bicyclic) bond motifs is 1. The number of carbonyl (C=O) groups is 1. The number of carbonyl (C=O) groups excluding carboxylic acids is 1. The van der Waals surface area contributed by atoms with Gasteiger partial charge >= 0.3 is 6.18 Å². The highest BCUT2D eigenvalue weighted by atomic mass is 32.2. The fourth-order valence-electron chi connectivity index (χ4n) is 3.12. The second-order valence-corrected chi connectivity index (χ2v) is 7.83. The van der Waals surface area contributed by atoms with Crippen LogP contribution < -0.4 is 4.72 Å². The molecule has 4 aromatic rings. The van der Waals surface area contributed by atoms with E-state index in [1.54, 1.807) is 19.2 Å². The number of H-pyrrole nitrogens is 1. The van der Waals surface area contributed by atoms with E-state index in [1.807, 2.05) is 0 Å². The Morgan fingerprint density at radius 2 is 1.91 bits per heavy atom. The lowest BCUT2D eigenvalue weighted by Crippen LogP contribution is -2.09. The summed E-state index contributed by atoms with van der Waals surface area (Å²) in [5.41, 5.74) is -0.665. The van der Waals surface area contributed by atoms with Crippen molar-refractivity contribution < 1.29 is 26.7 Å². The van der Waals surface area contributed by atoms with E-state index in [-0.39, 0.29) is 16.1 Å². The number of alkyl halides is 3. The summed E-state index contributed by atoms with van der Waals surface area (Å²) in [4.78, 5) is 20.1. The lowest BCUT2D eigenvalue weighted by molar-refractivity contribution is -0.137. The van der Waals surface area contributed by atoms with E-state index < -0.39 is 34.7 Å². The third kappa shape index (κ3) is 4.18. The number of anilines is 1. The molecule has 32 heavy (non-hydrogen) atoms. The van der Waals surface area contributed by atoms with Gasteiger partial charge in [0.15, 0.2) is 5.82 Å². The van der Waals surface area contributed by atoms with Gasteiger partial charge in [-0.05, 0) is 60.8 Å². The molecule has 0 spiro atoms. The number of halogens is 5. The lowest BCUT2D eigenvalue weighted by atomic mass is 10.0. The fourth-order valence-corrected chi connectivity index (χ4v) is 3.84. The van der Waals surface area contributed by atoms with Gasteiger partial charge in [-0.1, -0.05) is 6.07 Å². The van der Waals surface area contributed by atoms with Gasteiger partial charge in [-0.15, -0.1) is 0 Å². The second kappa shape index (κ2) is 8.27. The zero-order valence-electron chi connectivity index (χ0n) is 16.3. The molecule has 2 aromatic heterocycles. The van der Waals surface area contributed by atoms with Gasteiger partial charge in [-0.3, -0.25) is 4.79 Å². The number of hydrogen-bond acceptors (Lipinski definition) is 4. The Bertz CT molecular complexity index is 1330. The van der Waals surface area contributed by atoms with Crippen LogP contribution in [0.3, 0.4) is 0 Å². The standard InChI is InChI=1S/C22H14F5N3OS/c1-11-7-14-15(10-29-21(14)28-9-11)20(31)18-16(23)5-6-17(19(18)24)30-32-13-4-2-3-12(8-13)22(25,26)27/h2-10,30H,1H3,(H,28,29). The summed E-state index contributed by atoms with van der Waals surface area (Å²) in [5, 5.41) is 0.422. The molecule has 0 atom stereocenters. The van der Waals surface area contributed by atoms with E-state index in [0.717, 1.165) is 29.8 Å². The number of nitrogens with one attached hydrogen (secondary N) is 2. The molecule has 0 aliphatic heterocycles. The smallest absolute Gasteiger partial charge is 0.345 e. The molecule has 0 fully saturated rings. The highest BCUT2D eigenvalue weighted by Crippen LogP contribution is 2.33. The average molecular weight is 463 g/mol. The molecule has 10 heteroatoms. The van der Waals surface area contributed by atoms with Gasteiger partial charge in [-0.2, -0.15) is 13.2 Å². The Morgan fingerprint density at radius 1 is 1.12 bits per heavy atom. The van der Waals surface area contributed by atoms with Crippen LogP contribution in [0.25, 0.3) is 11.0 Å². The van der Waals surface area contributed by atoms with Crippen molar-refractivity contribution in [3.63, 3.8) is 0 Å². The first kappa shape index (κ1) is 21.8. The van der Waals surface area contributed by atoms with Crippen LogP contribution >= 0.6 is 11.9 Å². The van der Waals surface area contributed by atoms with Crippen LogP contribution in [0.15, 0.2) is 59.8 Å². The topological polar surface area (TPSA) is 57.8 Å². The minimum Gasteiger partial charge on any atom is -0.345 e. The summed E-state index contributed by atoms with van der Waals surface area (Å²) < 4.78 is 70.7. The van der Waals surface area contributed by atoms with Crippen LogP contribution in [0.2, 0.25) is 0 Å². The molecule has 0 radical (unpaired) electrons. The number of aryl methyl sites for hydroxylation is 1. The van der Waals surface area contributed by atoms with E-state index in [1.165, 1.54) is 18.3 Å². The molecule has 4 nitrogen and oxygen atoms in total. The second-order valence-electron chi connectivity index (χ2n) is 6.95. The molecule has 2 heterocycles. The highest BCUT2D eigenvalue weighted by Gasteiger charge is 2.30. The van der Waals surface area contributed by atoms with Crippen molar-refractivity contribution in [1.82, 2.24) is 9.97 Å². The minimum atomic E-state index is -4.52. The quantitative estimate of drug-likeness (QED) is 0.201. The lowest BCUT2D eigenvalue weighted by Gasteiger charge is -2.12. The van der Waals surface area contributed by atoms with Crippen LogP contribution in [-0.2, 0) is 6.18 Å². The Hall–Kier alpha value is -3.40. The Morgan fingerprint density at radius 3 is 2.66 bits per heavy atom. The molecule has 0 saturated heterocycles. The van der Waals surface area contributed by atoms with Crippen molar-refractivity contribution in [3.05, 3.63) is 88.7 Å². The third-order valence-electron chi connectivity index (χ3n) is 4.67. The summed E-state index contributed by atoms with van der Waals surface area (Å²) in [6, 6.07) is 8.10. The first-order valence-electron chi connectivity index (χ1n) is 9.21. The van der Waals surface area contributed by atoms with Crippen LogP contribution in [0, 0.1) is 18.6 Å². The number of ketones is 1. The Balaban J connectivity index is 1.64. The molecular formula is C22H14F5N3OS. The predicted octanol–water partition coefficient (Wildman–Crippen LogP) is 6.52. The SMILES string of the molecule is Cc1cnc2[nH]cc(C(=O)c3c(F)ccc(NSc4cccc(C(F)(F)F)c4)c3F)c2c1. The van der Waals surface area contributed by atoms with E-state index in [9.17, 15) is 22.4 Å². The van der Waals surface area contributed by atoms with Crippen LogP contribution in [0.5, 0.6) is 0 Å². The van der Waals surface area contributed by atoms with Crippen molar-refractivity contribution in [2.75, 3.05) is 4.72 Å². The van der Waals surface area contributed by atoms with E-state index in [0.29, 0.717) is 23.0 Å². The van der Waals surface area contributed by atoms with Gasteiger partial charge in [0.05, 0.1) is 16.8 Å². The fraction of sp³-hybridized carbons (Fsp3) is 0.0909. The van der Waals surface area contributed by atoms with Crippen molar-refractivity contribution in [2.45, 2.75) is 18.0 Å². The Labute approximate surface area is 183 Å².